The van der Waals surface area contributed by atoms with Crippen LogP contribution in [-0.4, -0.2) is 9.13 Å². The van der Waals surface area contributed by atoms with E-state index in [0.29, 0.717) is 4.57 Å². The summed E-state index contributed by atoms with van der Waals surface area (Å²) in [5.74, 6) is -0.708. The summed E-state index contributed by atoms with van der Waals surface area (Å²) in [5.41, 5.74) is -4.02. The molecule has 0 amide bonds. The van der Waals surface area contributed by atoms with Gasteiger partial charge in [-0.15, -0.1) is 0 Å². The maximum atomic E-state index is 13.0. The number of hydrogen-bond donors (Lipinski definition) is 0. The van der Waals surface area contributed by atoms with Crippen molar-refractivity contribution in [1.82, 2.24) is 9.13 Å². The van der Waals surface area contributed by atoms with Crippen LogP contribution in [-0.2, 0) is 13.2 Å². The van der Waals surface area contributed by atoms with Gasteiger partial charge in [0.05, 0.1) is 10.7 Å². The first-order chi connectivity index (χ1) is 9.62. The molecule has 0 bridgehead atoms. The molecule has 0 saturated heterocycles. The van der Waals surface area contributed by atoms with Crippen LogP contribution >= 0.6 is 11.6 Å². The molecule has 2 rings (SSSR count). The number of halogens is 5. The third kappa shape index (κ3) is 2.71. The Morgan fingerprint density at radius 2 is 1.76 bits per heavy atom. The fourth-order valence-electron chi connectivity index (χ4n) is 1.78. The Balaban J connectivity index is 2.82. The summed E-state index contributed by atoms with van der Waals surface area (Å²) in [6, 6.07) is 3.10. The van der Waals surface area contributed by atoms with E-state index in [1.807, 2.05) is 0 Å². The maximum Gasteiger partial charge on any atom is 0.431 e. The highest BCUT2D eigenvalue weighted by atomic mass is 35.5. The van der Waals surface area contributed by atoms with Gasteiger partial charge >= 0.3 is 11.9 Å². The second kappa shape index (κ2) is 5.03. The van der Waals surface area contributed by atoms with E-state index in [1.54, 1.807) is 0 Å². The van der Waals surface area contributed by atoms with Crippen molar-refractivity contribution in [3.8, 4) is 5.69 Å². The highest BCUT2D eigenvalue weighted by molar-refractivity contribution is 6.32. The molecule has 0 aliphatic carbocycles. The Bertz CT molecular complexity index is 823. The van der Waals surface area contributed by atoms with Crippen LogP contribution < -0.4 is 11.2 Å². The van der Waals surface area contributed by atoms with Gasteiger partial charge in [-0.3, -0.25) is 9.36 Å². The first-order valence-corrected chi connectivity index (χ1v) is 5.86. The van der Waals surface area contributed by atoms with E-state index in [9.17, 15) is 27.2 Å². The van der Waals surface area contributed by atoms with Gasteiger partial charge in [0.25, 0.3) is 5.56 Å². The van der Waals surface area contributed by atoms with Gasteiger partial charge in [0, 0.05) is 13.1 Å². The summed E-state index contributed by atoms with van der Waals surface area (Å²) < 4.78 is 51.8. The Morgan fingerprint density at radius 3 is 2.29 bits per heavy atom. The van der Waals surface area contributed by atoms with E-state index in [1.165, 1.54) is 0 Å². The average molecular weight is 323 g/mol. The third-order valence-corrected chi connectivity index (χ3v) is 3.06. The molecule has 1 aromatic heterocycles. The normalized spacial score (nSPS) is 11.7. The molecule has 4 nitrogen and oxygen atoms in total. The Labute approximate surface area is 119 Å². The largest absolute Gasteiger partial charge is 0.431 e. The number of benzene rings is 1. The summed E-state index contributed by atoms with van der Waals surface area (Å²) in [7, 11) is 0.874. The van der Waals surface area contributed by atoms with E-state index in [2.05, 4.69) is 0 Å². The molecule has 0 aliphatic rings. The van der Waals surface area contributed by atoms with Crippen LogP contribution in [0.1, 0.15) is 5.69 Å². The van der Waals surface area contributed by atoms with Crippen LogP contribution in [0, 0.1) is 5.82 Å². The minimum Gasteiger partial charge on any atom is -0.292 e. The summed E-state index contributed by atoms with van der Waals surface area (Å²) >= 11 is 5.72. The Hall–Kier alpha value is -2.09. The molecule has 1 heterocycles. The molecular formula is C12H7ClF4N2O2. The lowest BCUT2D eigenvalue weighted by molar-refractivity contribution is -0.144. The zero-order chi connectivity index (χ0) is 15.9. The molecule has 0 atom stereocenters. The van der Waals surface area contributed by atoms with Crippen molar-refractivity contribution < 1.29 is 17.6 Å². The summed E-state index contributed by atoms with van der Waals surface area (Å²) in [4.78, 5) is 23.8. The van der Waals surface area contributed by atoms with Crippen molar-refractivity contribution in [3.05, 3.63) is 61.6 Å². The molecule has 9 heteroatoms. The monoisotopic (exact) mass is 322 g/mol. The van der Waals surface area contributed by atoms with Crippen molar-refractivity contribution in [1.29, 1.82) is 0 Å². The highest BCUT2D eigenvalue weighted by Gasteiger charge is 2.35. The molecule has 2 aromatic rings. The number of alkyl halides is 3. The first-order valence-electron chi connectivity index (χ1n) is 5.48. The van der Waals surface area contributed by atoms with E-state index in [0.717, 1.165) is 25.2 Å². The Kier molecular flexibility index (Phi) is 3.66. The molecule has 0 fully saturated rings. The van der Waals surface area contributed by atoms with Gasteiger partial charge in [0.15, 0.2) is 0 Å². The average Bonchev–Trinajstić information content (AvgIpc) is 2.35. The smallest absolute Gasteiger partial charge is 0.292 e. The maximum absolute atomic E-state index is 13.0. The minimum atomic E-state index is -4.85. The van der Waals surface area contributed by atoms with Gasteiger partial charge in [-0.25, -0.2) is 13.8 Å². The van der Waals surface area contributed by atoms with Gasteiger partial charge in [-0.1, -0.05) is 11.6 Å². The van der Waals surface area contributed by atoms with Crippen LogP contribution in [0.2, 0.25) is 5.02 Å². The third-order valence-electron chi connectivity index (χ3n) is 2.76. The molecule has 112 valence electrons. The summed E-state index contributed by atoms with van der Waals surface area (Å²) in [6.45, 7) is 0. The molecule has 1 aromatic carbocycles. The van der Waals surface area contributed by atoms with Gasteiger partial charge in [0.1, 0.15) is 11.5 Å². The molecule has 0 N–H and O–H groups in total. The number of aromatic nitrogens is 2. The predicted octanol–water partition coefficient (Wildman–Crippen LogP) is 2.35. The summed E-state index contributed by atoms with van der Waals surface area (Å²) in [5, 5.41) is -0.269. The van der Waals surface area contributed by atoms with E-state index < -0.39 is 28.9 Å². The SMILES string of the molecule is Cn1c(C(F)(F)F)cc(=O)n(-c2ccc(F)cc2Cl)c1=O. The molecule has 0 aliphatic heterocycles. The predicted molar refractivity (Wildman–Crippen MR) is 67.2 cm³/mol. The van der Waals surface area contributed by atoms with Crippen LogP contribution in [0.15, 0.2) is 33.9 Å². The number of hydrogen-bond acceptors (Lipinski definition) is 2. The highest BCUT2D eigenvalue weighted by Crippen LogP contribution is 2.27. The van der Waals surface area contributed by atoms with Gasteiger partial charge in [0.2, 0.25) is 0 Å². The van der Waals surface area contributed by atoms with Crippen LogP contribution in [0.4, 0.5) is 17.6 Å². The zero-order valence-electron chi connectivity index (χ0n) is 10.4. The number of rotatable bonds is 1. The van der Waals surface area contributed by atoms with Crippen molar-refractivity contribution in [2.45, 2.75) is 6.18 Å². The molecular weight excluding hydrogens is 316 g/mol. The molecule has 21 heavy (non-hydrogen) atoms. The zero-order valence-corrected chi connectivity index (χ0v) is 11.2. The molecule has 0 spiro atoms. The van der Waals surface area contributed by atoms with Crippen LogP contribution in [0.25, 0.3) is 5.69 Å². The fourth-order valence-corrected chi connectivity index (χ4v) is 2.03. The van der Waals surface area contributed by atoms with Gasteiger partial charge in [-0.05, 0) is 18.2 Å². The Morgan fingerprint density at radius 1 is 1.14 bits per heavy atom. The van der Waals surface area contributed by atoms with Crippen molar-refractivity contribution >= 4 is 11.6 Å². The topological polar surface area (TPSA) is 44.0 Å². The molecule has 0 unspecified atom stereocenters. The second-order valence-electron chi connectivity index (χ2n) is 4.14. The lowest BCUT2D eigenvalue weighted by Gasteiger charge is -2.14. The molecule has 0 saturated carbocycles. The van der Waals surface area contributed by atoms with Crippen LogP contribution in [0.3, 0.4) is 0 Å². The van der Waals surface area contributed by atoms with Gasteiger partial charge in [-0.2, -0.15) is 13.2 Å². The quantitative estimate of drug-likeness (QED) is 0.757. The molecule has 0 radical (unpaired) electrons. The fraction of sp³-hybridized carbons (Fsp3) is 0.167. The lowest BCUT2D eigenvalue weighted by atomic mass is 10.3. The van der Waals surface area contributed by atoms with E-state index in [-0.39, 0.29) is 21.3 Å². The lowest BCUT2D eigenvalue weighted by Crippen LogP contribution is -2.40. The van der Waals surface area contributed by atoms with Crippen molar-refractivity contribution in [3.63, 3.8) is 0 Å². The van der Waals surface area contributed by atoms with E-state index >= 15 is 0 Å². The number of nitrogens with zero attached hydrogens (tertiary/aromatic N) is 2. The first kappa shape index (κ1) is 15.3. The summed E-state index contributed by atoms with van der Waals surface area (Å²) in [6.07, 6.45) is -4.85. The second-order valence-corrected chi connectivity index (χ2v) is 4.55. The minimum absolute atomic E-state index is 0.197. The van der Waals surface area contributed by atoms with Crippen molar-refractivity contribution in [2.75, 3.05) is 0 Å². The van der Waals surface area contributed by atoms with Crippen LogP contribution in [0.5, 0.6) is 0 Å². The van der Waals surface area contributed by atoms with Crippen molar-refractivity contribution in [2.24, 2.45) is 7.05 Å². The van der Waals surface area contributed by atoms with Gasteiger partial charge < -0.3 is 0 Å². The standard InChI is InChI=1S/C12H7ClF4N2O2/c1-18-9(12(15,16)17)5-10(20)19(11(18)21)8-3-2-6(14)4-7(8)13/h2-5H,1H3. The van der Waals surface area contributed by atoms with E-state index in [4.69, 9.17) is 11.6 Å².